The molecule has 0 saturated heterocycles. The number of nitrogen functional groups attached to an aromatic ring is 1. The summed E-state index contributed by atoms with van der Waals surface area (Å²) in [6.45, 7) is 0.752. The van der Waals surface area contributed by atoms with Crippen LogP contribution >= 0.6 is 27.3 Å². The van der Waals surface area contributed by atoms with Crippen LogP contribution in [-0.4, -0.2) is 10.2 Å². The largest absolute Gasteiger partial charge is 0.397 e. The van der Waals surface area contributed by atoms with Crippen LogP contribution in [0.5, 0.6) is 0 Å². The van der Waals surface area contributed by atoms with Crippen molar-refractivity contribution in [1.29, 1.82) is 0 Å². The maximum Gasteiger partial charge on any atom is 0.0672 e. The summed E-state index contributed by atoms with van der Waals surface area (Å²) in [5.74, 6) is 0. The lowest BCUT2D eigenvalue weighted by molar-refractivity contribution is 1.12. The van der Waals surface area contributed by atoms with Crippen molar-refractivity contribution in [2.24, 2.45) is 0 Å². The third-order valence-electron chi connectivity index (χ3n) is 2.74. The van der Waals surface area contributed by atoms with Gasteiger partial charge < -0.3 is 11.1 Å². The van der Waals surface area contributed by atoms with Gasteiger partial charge in [-0.2, -0.15) is 5.10 Å². The third-order valence-corrected chi connectivity index (χ3v) is 4.67. The van der Waals surface area contributed by atoms with Crippen LogP contribution in [0.25, 0.3) is 10.9 Å². The molecule has 1 aromatic carbocycles. The van der Waals surface area contributed by atoms with E-state index in [0.717, 1.165) is 33.3 Å². The van der Waals surface area contributed by atoms with Gasteiger partial charge in [-0.25, -0.2) is 0 Å². The van der Waals surface area contributed by atoms with Crippen LogP contribution in [-0.2, 0) is 6.54 Å². The molecule has 0 atom stereocenters. The number of nitrogens with one attached hydrogen (secondary N) is 2. The van der Waals surface area contributed by atoms with E-state index < -0.39 is 0 Å². The SMILES string of the molecule is Nc1cc2cn[nH]c2cc1NCc1sccc1Br. The number of halogens is 1. The van der Waals surface area contributed by atoms with E-state index in [1.807, 2.05) is 18.2 Å². The van der Waals surface area contributed by atoms with Crippen molar-refractivity contribution in [3.63, 3.8) is 0 Å². The highest BCUT2D eigenvalue weighted by Gasteiger charge is 2.05. The van der Waals surface area contributed by atoms with Crippen molar-refractivity contribution in [2.45, 2.75) is 6.54 Å². The van der Waals surface area contributed by atoms with Gasteiger partial charge in [-0.15, -0.1) is 11.3 Å². The molecule has 18 heavy (non-hydrogen) atoms. The molecule has 0 radical (unpaired) electrons. The second-order valence-corrected chi connectivity index (χ2v) is 5.80. The molecule has 0 bridgehead atoms. The first kappa shape index (κ1) is 11.6. The van der Waals surface area contributed by atoms with Crippen molar-refractivity contribution in [3.8, 4) is 0 Å². The van der Waals surface area contributed by atoms with Gasteiger partial charge in [-0.3, -0.25) is 5.10 Å². The van der Waals surface area contributed by atoms with Crippen LogP contribution in [0.15, 0.2) is 34.2 Å². The van der Waals surface area contributed by atoms with Gasteiger partial charge in [0.05, 0.1) is 29.6 Å². The fourth-order valence-electron chi connectivity index (χ4n) is 1.79. The Morgan fingerprint density at radius 1 is 1.44 bits per heavy atom. The Labute approximate surface area is 116 Å². The molecule has 0 aliphatic heterocycles. The molecule has 3 aromatic rings. The number of thiophene rings is 1. The summed E-state index contributed by atoms with van der Waals surface area (Å²) in [6.07, 6.45) is 1.77. The van der Waals surface area contributed by atoms with Crippen LogP contribution in [0.3, 0.4) is 0 Å². The number of nitrogens with zero attached hydrogens (tertiary/aromatic N) is 1. The average molecular weight is 323 g/mol. The molecule has 0 unspecified atom stereocenters. The Kier molecular flexibility index (Phi) is 2.97. The summed E-state index contributed by atoms with van der Waals surface area (Å²) in [5, 5.41) is 13.4. The lowest BCUT2D eigenvalue weighted by Gasteiger charge is -2.08. The minimum Gasteiger partial charge on any atom is -0.397 e. The van der Waals surface area contributed by atoms with E-state index in [1.54, 1.807) is 17.5 Å². The number of anilines is 2. The quantitative estimate of drug-likeness (QED) is 0.646. The third kappa shape index (κ3) is 2.09. The van der Waals surface area contributed by atoms with Crippen molar-refractivity contribution in [3.05, 3.63) is 39.1 Å². The molecule has 0 saturated carbocycles. The van der Waals surface area contributed by atoms with E-state index in [0.29, 0.717) is 0 Å². The highest BCUT2D eigenvalue weighted by Crippen LogP contribution is 2.27. The smallest absolute Gasteiger partial charge is 0.0672 e. The minimum atomic E-state index is 0.733. The van der Waals surface area contributed by atoms with Crippen LogP contribution in [0, 0.1) is 0 Å². The fraction of sp³-hybridized carbons (Fsp3) is 0.0833. The summed E-state index contributed by atoms with van der Waals surface area (Å²) >= 11 is 5.22. The second kappa shape index (κ2) is 4.62. The van der Waals surface area contributed by atoms with E-state index in [-0.39, 0.29) is 0 Å². The zero-order valence-electron chi connectivity index (χ0n) is 9.40. The van der Waals surface area contributed by atoms with Gasteiger partial charge in [0.2, 0.25) is 0 Å². The number of aromatic amines is 1. The zero-order chi connectivity index (χ0) is 12.5. The molecule has 3 rings (SSSR count). The van der Waals surface area contributed by atoms with Crippen molar-refractivity contribution < 1.29 is 0 Å². The van der Waals surface area contributed by atoms with E-state index >= 15 is 0 Å². The van der Waals surface area contributed by atoms with Gasteiger partial charge in [0, 0.05) is 14.7 Å². The van der Waals surface area contributed by atoms with Gasteiger partial charge in [0.25, 0.3) is 0 Å². The molecule has 6 heteroatoms. The summed E-state index contributed by atoms with van der Waals surface area (Å²) in [7, 11) is 0. The molecule has 92 valence electrons. The van der Waals surface area contributed by atoms with Gasteiger partial charge in [-0.05, 0) is 39.5 Å². The fourth-order valence-corrected chi connectivity index (χ4v) is 3.22. The molecule has 0 spiro atoms. The summed E-state index contributed by atoms with van der Waals surface area (Å²) in [6, 6.07) is 5.95. The normalized spacial score (nSPS) is 10.9. The molecule has 2 aromatic heterocycles. The number of nitrogens with two attached hydrogens (primary N) is 1. The van der Waals surface area contributed by atoms with Gasteiger partial charge in [0.15, 0.2) is 0 Å². The number of fused-ring (bicyclic) bond motifs is 1. The van der Waals surface area contributed by atoms with Gasteiger partial charge in [0.1, 0.15) is 0 Å². The second-order valence-electron chi connectivity index (χ2n) is 3.94. The highest BCUT2D eigenvalue weighted by molar-refractivity contribution is 9.10. The predicted molar refractivity (Wildman–Crippen MR) is 79.9 cm³/mol. The minimum absolute atomic E-state index is 0.733. The topological polar surface area (TPSA) is 66.7 Å². The Hall–Kier alpha value is -1.53. The molecule has 0 fully saturated rings. The molecular weight excluding hydrogens is 312 g/mol. The summed E-state index contributed by atoms with van der Waals surface area (Å²) < 4.78 is 1.13. The molecule has 0 aliphatic carbocycles. The van der Waals surface area contributed by atoms with E-state index in [2.05, 4.69) is 36.8 Å². The Balaban J connectivity index is 1.86. The molecule has 4 nitrogen and oxygen atoms in total. The van der Waals surface area contributed by atoms with Gasteiger partial charge >= 0.3 is 0 Å². The predicted octanol–water partition coefficient (Wildman–Crippen LogP) is 3.58. The first-order chi connectivity index (χ1) is 8.74. The molecular formula is C12H11BrN4S. The number of hydrogen-bond donors (Lipinski definition) is 3. The standard InChI is InChI=1S/C12H11BrN4S/c13-8-1-2-18-12(8)6-15-11-4-10-7(3-9(11)14)5-16-17-10/h1-5,15H,6,14H2,(H,16,17). The first-order valence-electron chi connectivity index (χ1n) is 5.42. The van der Waals surface area contributed by atoms with E-state index in [1.165, 1.54) is 4.88 Å². The average Bonchev–Trinajstić information content (AvgIpc) is 2.95. The summed E-state index contributed by atoms with van der Waals surface area (Å²) in [5.41, 5.74) is 8.65. The first-order valence-corrected chi connectivity index (χ1v) is 7.09. The Morgan fingerprint density at radius 3 is 3.11 bits per heavy atom. The van der Waals surface area contributed by atoms with Gasteiger partial charge in [-0.1, -0.05) is 0 Å². The number of aromatic nitrogens is 2. The lowest BCUT2D eigenvalue weighted by atomic mass is 10.2. The van der Waals surface area contributed by atoms with Crippen molar-refractivity contribution >= 4 is 49.5 Å². The molecule has 4 N–H and O–H groups in total. The van der Waals surface area contributed by atoms with E-state index in [9.17, 15) is 0 Å². The van der Waals surface area contributed by atoms with Crippen LogP contribution < -0.4 is 11.1 Å². The Bertz CT molecular complexity index is 688. The van der Waals surface area contributed by atoms with Crippen LogP contribution in [0.1, 0.15) is 4.88 Å². The number of benzene rings is 1. The van der Waals surface area contributed by atoms with E-state index in [4.69, 9.17) is 5.73 Å². The van der Waals surface area contributed by atoms with Crippen molar-refractivity contribution in [1.82, 2.24) is 10.2 Å². The van der Waals surface area contributed by atoms with Crippen molar-refractivity contribution in [2.75, 3.05) is 11.1 Å². The molecule has 2 heterocycles. The maximum atomic E-state index is 6.01. The zero-order valence-corrected chi connectivity index (χ0v) is 11.8. The lowest BCUT2D eigenvalue weighted by Crippen LogP contribution is -2.01. The monoisotopic (exact) mass is 322 g/mol. The molecule has 0 aliphatic rings. The summed E-state index contributed by atoms with van der Waals surface area (Å²) in [4.78, 5) is 1.25. The van der Waals surface area contributed by atoms with Crippen LogP contribution in [0.2, 0.25) is 0 Å². The highest BCUT2D eigenvalue weighted by atomic mass is 79.9. The van der Waals surface area contributed by atoms with Crippen LogP contribution in [0.4, 0.5) is 11.4 Å². The molecule has 0 amide bonds. The Morgan fingerprint density at radius 2 is 2.33 bits per heavy atom. The maximum absolute atomic E-state index is 6.01. The number of hydrogen-bond acceptors (Lipinski definition) is 4. The number of rotatable bonds is 3. The number of H-pyrrole nitrogens is 1.